The summed E-state index contributed by atoms with van der Waals surface area (Å²) in [5, 5.41) is 0.476. The van der Waals surface area contributed by atoms with Crippen molar-refractivity contribution in [3.05, 3.63) is 52.0 Å². The van der Waals surface area contributed by atoms with Crippen LogP contribution < -0.4 is 9.46 Å². The zero-order valence-electron chi connectivity index (χ0n) is 13.6. The molecule has 0 bridgehead atoms. The molecule has 0 saturated carbocycles. The first kappa shape index (κ1) is 17.6. The first-order valence-corrected chi connectivity index (χ1v) is 9.13. The molecule has 0 spiro atoms. The molecule has 0 aliphatic rings. The van der Waals surface area contributed by atoms with Crippen LogP contribution in [0.2, 0.25) is 5.02 Å². The molecule has 1 N–H and O–H groups in total. The summed E-state index contributed by atoms with van der Waals surface area (Å²) in [6.07, 6.45) is 0. The molecule has 2 rings (SSSR count). The molecule has 0 heterocycles. The highest BCUT2D eigenvalue weighted by atomic mass is 35.5. The third-order valence-corrected chi connectivity index (χ3v) is 5.25. The van der Waals surface area contributed by atoms with E-state index in [1.807, 2.05) is 26.8 Å². The van der Waals surface area contributed by atoms with E-state index in [1.165, 1.54) is 0 Å². The maximum absolute atomic E-state index is 12.7. The number of rotatable bonds is 5. The second-order valence-corrected chi connectivity index (χ2v) is 7.47. The van der Waals surface area contributed by atoms with E-state index >= 15 is 0 Å². The fraction of sp³-hybridized carbons (Fsp3) is 0.294. The smallest absolute Gasteiger partial charge is 0.262 e. The van der Waals surface area contributed by atoms with Crippen molar-refractivity contribution in [3.63, 3.8) is 0 Å². The minimum absolute atomic E-state index is 0.200. The lowest BCUT2D eigenvalue weighted by Crippen LogP contribution is -2.15. The Morgan fingerprint density at radius 2 is 1.74 bits per heavy atom. The third-order valence-electron chi connectivity index (χ3n) is 3.51. The normalized spacial score (nSPS) is 11.3. The largest absolute Gasteiger partial charge is 0.494 e. The zero-order valence-corrected chi connectivity index (χ0v) is 15.2. The number of hydrogen-bond acceptors (Lipinski definition) is 3. The lowest BCUT2D eigenvalue weighted by atomic mass is 10.1. The quantitative estimate of drug-likeness (QED) is 0.863. The van der Waals surface area contributed by atoms with Crippen LogP contribution >= 0.6 is 11.6 Å². The van der Waals surface area contributed by atoms with Gasteiger partial charge >= 0.3 is 0 Å². The minimum atomic E-state index is -3.73. The molecule has 0 amide bonds. The standard InChI is InChI=1S/C17H20ClNO3S/c1-5-22-16-10-17(13(4)8-12(16)3)23(20,21)19-15-9-14(18)7-6-11(15)2/h6-10,19H,5H2,1-4H3. The van der Waals surface area contributed by atoms with Crippen molar-refractivity contribution >= 4 is 27.3 Å². The van der Waals surface area contributed by atoms with E-state index < -0.39 is 10.0 Å². The predicted octanol–water partition coefficient (Wildman–Crippen LogP) is 4.46. The highest BCUT2D eigenvalue weighted by molar-refractivity contribution is 7.92. The lowest BCUT2D eigenvalue weighted by Gasteiger charge is -2.15. The van der Waals surface area contributed by atoms with Crippen molar-refractivity contribution in [1.82, 2.24) is 0 Å². The van der Waals surface area contributed by atoms with Crippen LogP contribution in [0.5, 0.6) is 5.75 Å². The Kier molecular flexibility index (Phi) is 5.22. The Morgan fingerprint density at radius 3 is 2.39 bits per heavy atom. The maximum atomic E-state index is 12.7. The van der Waals surface area contributed by atoms with Crippen molar-refractivity contribution in [2.24, 2.45) is 0 Å². The molecule has 124 valence electrons. The van der Waals surface area contributed by atoms with Gasteiger partial charge in [0.15, 0.2) is 0 Å². The van der Waals surface area contributed by atoms with E-state index in [4.69, 9.17) is 16.3 Å². The van der Waals surface area contributed by atoms with Gasteiger partial charge in [-0.15, -0.1) is 0 Å². The number of sulfonamides is 1. The van der Waals surface area contributed by atoms with E-state index in [-0.39, 0.29) is 4.90 Å². The van der Waals surface area contributed by atoms with Gasteiger partial charge in [0.25, 0.3) is 10.0 Å². The number of halogens is 1. The summed E-state index contributed by atoms with van der Waals surface area (Å²) in [4.78, 5) is 0.200. The Labute approximate surface area is 142 Å². The van der Waals surface area contributed by atoms with Crippen LogP contribution in [0.4, 0.5) is 5.69 Å². The number of aryl methyl sites for hydroxylation is 3. The van der Waals surface area contributed by atoms with Gasteiger partial charge in [-0.05, 0) is 56.5 Å². The Balaban J connectivity index is 2.47. The first-order valence-electron chi connectivity index (χ1n) is 7.27. The van der Waals surface area contributed by atoms with E-state index in [2.05, 4.69) is 4.72 Å². The second-order valence-electron chi connectivity index (χ2n) is 5.38. The third kappa shape index (κ3) is 3.98. The maximum Gasteiger partial charge on any atom is 0.262 e. The molecule has 6 heteroatoms. The monoisotopic (exact) mass is 353 g/mol. The van der Waals surface area contributed by atoms with E-state index in [1.54, 1.807) is 31.2 Å². The highest BCUT2D eigenvalue weighted by Crippen LogP contribution is 2.29. The highest BCUT2D eigenvalue weighted by Gasteiger charge is 2.20. The number of anilines is 1. The molecule has 2 aromatic carbocycles. The van der Waals surface area contributed by atoms with Crippen molar-refractivity contribution in [1.29, 1.82) is 0 Å². The summed E-state index contributed by atoms with van der Waals surface area (Å²) in [6, 6.07) is 8.47. The SMILES string of the molecule is CCOc1cc(S(=O)(=O)Nc2cc(Cl)ccc2C)c(C)cc1C. The molecule has 0 saturated heterocycles. The molecule has 0 aliphatic carbocycles. The molecule has 0 aromatic heterocycles. The number of nitrogens with one attached hydrogen (secondary N) is 1. The van der Waals surface area contributed by atoms with Crippen molar-refractivity contribution < 1.29 is 13.2 Å². The van der Waals surface area contributed by atoms with Crippen LogP contribution in [-0.4, -0.2) is 15.0 Å². The predicted molar refractivity (Wildman–Crippen MR) is 94.1 cm³/mol. The van der Waals surface area contributed by atoms with Gasteiger partial charge in [0.1, 0.15) is 5.75 Å². The number of ether oxygens (including phenoxy) is 1. The van der Waals surface area contributed by atoms with Gasteiger partial charge in [0, 0.05) is 11.1 Å². The van der Waals surface area contributed by atoms with Crippen molar-refractivity contribution in [2.75, 3.05) is 11.3 Å². The van der Waals surface area contributed by atoms with Gasteiger partial charge in [-0.3, -0.25) is 4.72 Å². The summed E-state index contributed by atoms with van der Waals surface area (Å²) in [5.74, 6) is 0.571. The Hall–Kier alpha value is -1.72. The summed E-state index contributed by atoms with van der Waals surface area (Å²) in [5.41, 5.74) is 2.84. The molecule has 0 aliphatic heterocycles. The molecule has 2 aromatic rings. The van der Waals surface area contributed by atoms with Crippen LogP contribution in [0.15, 0.2) is 35.2 Å². The molecule has 23 heavy (non-hydrogen) atoms. The summed E-state index contributed by atoms with van der Waals surface area (Å²) >= 11 is 5.96. The van der Waals surface area contributed by atoms with Gasteiger partial charge in [-0.25, -0.2) is 8.42 Å². The molecule has 0 atom stereocenters. The fourth-order valence-corrected chi connectivity index (χ4v) is 3.85. The van der Waals surface area contributed by atoms with Gasteiger partial charge in [-0.2, -0.15) is 0 Å². The zero-order chi connectivity index (χ0) is 17.2. The van der Waals surface area contributed by atoms with Crippen LogP contribution in [-0.2, 0) is 10.0 Å². The molecule has 4 nitrogen and oxygen atoms in total. The van der Waals surface area contributed by atoms with Gasteiger partial charge in [0.2, 0.25) is 0 Å². The summed E-state index contributed by atoms with van der Waals surface area (Å²) in [7, 11) is -3.73. The fourth-order valence-electron chi connectivity index (χ4n) is 2.32. The molecular weight excluding hydrogens is 334 g/mol. The first-order chi connectivity index (χ1) is 10.7. The molecular formula is C17H20ClNO3S. The van der Waals surface area contributed by atoms with Crippen LogP contribution in [0.3, 0.4) is 0 Å². The number of hydrogen-bond donors (Lipinski definition) is 1. The Bertz CT molecular complexity index is 832. The second kappa shape index (κ2) is 6.81. The number of benzene rings is 2. The minimum Gasteiger partial charge on any atom is -0.494 e. The van der Waals surface area contributed by atoms with E-state index in [0.29, 0.717) is 28.6 Å². The lowest BCUT2D eigenvalue weighted by molar-refractivity contribution is 0.337. The summed E-state index contributed by atoms with van der Waals surface area (Å²) in [6.45, 7) is 7.82. The average Bonchev–Trinajstić information content (AvgIpc) is 2.45. The Morgan fingerprint density at radius 1 is 1.04 bits per heavy atom. The summed E-state index contributed by atoms with van der Waals surface area (Å²) < 4.78 is 33.6. The van der Waals surface area contributed by atoms with Crippen LogP contribution in [0, 0.1) is 20.8 Å². The molecule has 0 unspecified atom stereocenters. The molecule has 0 radical (unpaired) electrons. The van der Waals surface area contributed by atoms with E-state index in [0.717, 1.165) is 11.1 Å². The van der Waals surface area contributed by atoms with Crippen LogP contribution in [0.25, 0.3) is 0 Å². The van der Waals surface area contributed by atoms with Crippen molar-refractivity contribution in [3.8, 4) is 5.75 Å². The van der Waals surface area contributed by atoms with Gasteiger partial charge < -0.3 is 4.74 Å². The molecule has 0 fully saturated rings. The van der Waals surface area contributed by atoms with Crippen LogP contribution in [0.1, 0.15) is 23.6 Å². The van der Waals surface area contributed by atoms with Crippen molar-refractivity contribution in [2.45, 2.75) is 32.6 Å². The van der Waals surface area contributed by atoms with E-state index in [9.17, 15) is 8.42 Å². The average molecular weight is 354 g/mol. The van der Waals surface area contributed by atoms with Gasteiger partial charge in [0.05, 0.1) is 17.2 Å². The van der Waals surface area contributed by atoms with Gasteiger partial charge in [-0.1, -0.05) is 23.7 Å². The topological polar surface area (TPSA) is 55.4 Å².